The molecular formula is C16H22FNO4S. The van der Waals surface area contributed by atoms with E-state index in [0.29, 0.717) is 17.7 Å². The quantitative estimate of drug-likeness (QED) is 0.768. The van der Waals surface area contributed by atoms with E-state index in [1.54, 1.807) is 38.1 Å². The van der Waals surface area contributed by atoms with Crippen LogP contribution in [0.3, 0.4) is 0 Å². The highest BCUT2D eigenvalue weighted by molar-refractivity contribution is 7.91. The lowest BCUT2D eigenvalue weighted by molar-refractivity contribution is -0.149. The first-order chi connectivity index (χ1) is 10.7. The van der Waals surface area contributed by atoms with Gasteiger partial charge in [-0.15, -0.1) is 0 Å². The molecule has 0 spiro atoms. The lowest BCUT2D eigenvalue weighted by Gasteiger charge is -2.22. The summed E-state index contributed by atoms with van der Waals surface area (Å²) in [6.45, 7) is 1.62. The zero-order chi connectivity index (χ0) is 17.2. The van der Waals surface area contributed by atoms with Crippen LogP contribution in [0, 0.1) is 11.7 Å². The van der Waals surface area contributed by atoms with Crippen molar-refractivity contribution in [1.29, 1.82) is 0 Å². The molecule has 128 valence electrons. The fraction of sp³-hybridized carbons (Fsp3) is 0.562. The van der Waals surface area contributed by atoms with Gasteiger partial charge in [0.15, 0.2) is 9.84 Å². The van der Waals surface area contributed by atoms with Crippen LogP contribution in [0.15, 0.2) is 18.2 Å². The van der Waals surface area contributed by atoms with E-state index in [4.69, 9.17) is 4.74 Å². The average molecular weight is 343 g/mol. The van der Waals surface area contributed by atoms with Gasteiger partial charge in [-0.2, -0.15) is 0 Å². The predicted molar refractivity (Wildman–Crippen MR) is 86.6 cm³/mol. The number of benzene rings is 1. The van der Waals surface area contributed by atoms with Crippen molar-refractivity contribution in [2.75, 3.05) is 30.5 Å². The van der Waals surface area contributed by atoms with Gasteiger partial charge in [0.05, 0.1) is 17.1 Å². The predicted octanol–water partition coefficient (Wildman–Crippen LogP) is 2.32. The number of rotatable bonds is 5. The van der Waals surface area contributed by atoms with Gasteiger partial charge in [0.1, 0.15) is 11.9 Å². The van der Waals surface area contributed by atoms with Crippen molar-refractivity contribution in [3.63, 3.8) is 0 Å². The van der Waals surface area contributed by atoms with Crippen LogP contribution in [0.25, 0.3) is 0 Å². The number of sulfone groups is 1. The Balaban J connectivity index is 2.05. The lowest BCUT2D eigenvalue weighted by Crippen LogP contribution is -2.18. The van der Waals surface area contributed by atoms with E-state index in [9.17, 15) is 17.6 Å². The molecule has 0 N–H and O–H groups in total. The molecule has 2 rings (SSSR count). The summed E-state index contributed by atoms with van der Waals surface area (Å²) in [6.07, 6.45) is -0.205. The second-order valence-corrected chi connectivity index (χ2v) is 8.40. The van der Waals surface area contributed by atoms with E-state index in [2.05, 4.69) is 0 Å². The fourth-order valence-corrected chi connectivity index (χ4v) is 4.75. The van der Waals surface area contributed by atoms with Gasteiger partial charge in [-0.1, -0.05) is 6.07 Å². The van der Waals surface area contributed by atoms with Gasteiger partial charge in [0.2, 0.25) is 0 Å². The van der Waals surface area contributed by atoms with Crippen LogP contribution >= 0.6 is 0 Å². The summed E-state index contributed by atoms with van der Waals surface area (Å²) in [5.74, 6) is -0.973. The number of halogens is 1. The molecule has 7 heteroatoms. The lowest BCUT2D eigenvalue weighted by atomic mass is 10.0. The monoisotopic (exact) mass is 343 g/mol. The molecule has 1 heterocycles. The second-order valence-electron chi connectivity index (χ2n) is 6.17. The molecular weight excluding hydrogens is 321 g/mol. The van der Waals surface area contributed by atoms with Crippen LogP contribution in [0.4, 0.5) is 10.1 Å². The Labute approximate surface area is 136 Å². The summed E-state index contributed by atoms with van der Waals surface area (Å²) in [6, 6.07) is 4.69. The molecule has 2 atom stereocenters. The first kappa shape index (κ1) is 17.7. The molecule has 1 aliphatic rings. The molecule has 0 aliphatic carbocycles. The second kappa shape index (κ2) is 6.86. The molecule has 1 fully saturated rings. The third-order valence-electron chi connectivity index (χ3n) is 4.01. The molecule has 0 radical (unpaired) electrons. The minimum absolute atomic E-state index is 0.0269. The van der Waals surface area contributed by atoms with Crippen LogP contribution in [-0.2, 0) is 19.4 Å². The minimum atomic E-state index is -3.02. The maximum Gasteiger partial charge on any atom is 0.306 e. The Hall–Kier alpha value is -1.63. The van der Waals surface area contributed by atoms with Crippen LogP contribution in [-0.4, -0.2) is 40.0 Å². The Kier molecular flexibility index (Phi) is 5.29. The summed E-state index contributed by atoms with van der Waals surface area (Å²) in [5, 5.41) is 0. The molecule has 0 bridgehead atoms. The molecule has 0 amide bonds. The molecule has 0 saturated carbocycles. The van der Waals surface area contributed by atoms with Gasteiger partial charge < -0.3 is 9.64 Å². The molecule has 1 aromatic rings. The number of hydrogen-bond acceptors (Lipinski definition) is 5. The zero-order valence-corrected chi connectivity index (χ0v) is 14.4. The van der Waals surface area contributed by atoms with Crippen molar-refractivity contribution in [3.05, 3.63) is 29.6 Å². The Morgan fingerprint density at radius 1 is 1.43 bits per heavy atom. The number of carbonyl (C=O) groups excluding carboxylic acids is 1. The van der Waals surface area contributed by atoms with Crippen molar-refractivity contribution in [2.45, 2.75) is 25.9 Å². The highest BCUT2D eigenvalue weighted by Crippen LogP contribution is 2.31. The van der Waals surface area contributed by atoms with E-state index in [1.165, 1.54) is 6.07 Å². The average Bonchev–Trinajstić information content (AvgIpc) is 2.76. The van der Waals surface area contributed by atoms with E-state index < -0.39 is 27.7 Å². The van der Waals surface area contributed by atoms with Crippen LogP contribution in [0.1, 0.15) is 31.4 Å². The van der Waals surface area contributed by atoms with Crippen molar-refractivity contribution in [2.24, 2.45) is 5.92 Å². The normalized spacial score (nSPS) is 21.0. The highest BCUT2D eigenvalue weighted by Gasteiger charge is 2.30. The van der Waals surface area contributed by atoms with Crippen molar-refractivity contribution < 1.29 is 22.3 Å². The number of nitrogens with zero attached hydrogens (tertiary/aromatic N) is 1. The SMILES string of the molecule is C[C@@H](OC(=O)C[C@H]1CCS(=O)(=O)C1)c1c(F)cccc1N(C)C. The summed E-state index contributed by atoms with van der Waals surface area (Å²) < 4.78 is 42.3. The maximum atomic E-state index is 14.1. The number of carbonyl (C=O) groups is 1. The maximum absolute atomic E-state index is 14.1. The van der Waals surface area contributed by atoms with Crippen molar-refractivity contribution in [3.8, 4) is 0 Å². The largest absolute Gasteiger partial charge is 0.458 e. The van der Waals surface area contributed by atoms with Crippen LogP contribution in [0.5, 0.6) is 0 Å². The Morgan fingerprint density at radius 3 is 2.70 bits per heavy atom. The van der Waals surface area contributed by atoms with Crippen molar-refractivity contribution in [1.82, 2.24) is 0 Å². The van der Waals surface area contributed by atoms with Gasteiger partial charge in [0, 0.05) is 26.2 Å². The number of hydrogen-bond donors (Lipinski definition) is 0. The van der Waals surface area contributed by atoms with E-state index in [1.807, 2.05) is 0 Å². The standard InChI is InChI=1S/C16H22FNO4S/c1-11(16-13(17)5-4-6-14(16)18(2)3)22-15(19)9-12-7-8-23(20,21)10-12/h4-6,11-12H,7-10H2,1-3H3/t11-,12-/m1/s1. The molecule has 1 aromatic carbocycles. The van der Waals surface area contributed by atoms with Gasteiger partial charge in [-0.05, 0) is 31.4 Å². The molecule has 5 nitrogen and oxygen atoms in total. The minimum Gasteiger partial charge on any atom is -0.458 e. The first-order valence-corrected chi connectivity index (χ1v) is 9.37. The number of ether oxygens (including phenoxy) is 1. The zero-order valence-electron chi connectivity index (χ0n) is 13.6. The highest BCUT2D eigenvalue weighted by atomic mass is 32.2. The topological polar surface area (TPSA) is 63.7 Å². The first-order valence-electron chi connectivity index (χ1n) is 7.55. The smallest absolute Gasteiger partial charge is 0.306 e. The summed E-state index contributed by atoms with van der Waals surface area (Å²) >= 11 is 0. The van der Waals surface area contributed by atoms with Gasteiger partial charge >= 0.3 is 5.97 Å². The van der Waals surface area contributed by atoms with E-state index >= 15 is 0 Å². The third kappa shape index (κ3) is 4.43. The Bertz CT molecular complexity index is 687. The van der Waals surface area contributed by atoms with Gasteiger partial charge in [-0.25, -0.2) is 12.8 Å². The molecule has 0 unspecified atom stereocenters. The van der Waals surface area contributed by atoms with E-state index in [0.717, 1.165) is 0 Å². The molecule has 0 aromatic heterocycles. The molecule has 1 saturated heterocycles. The number of esters is 1. The number of anilines is 1. The fourth-order valence-electron chi connectivity index (χ4n) is 2.89. The van der Waals surface area contributed by atoms with Crippen LogP contribution < -0.4 is 4.90 Å². The summed E-state index contributed by atoms with van der Waals surface area (Å²) in [5.41, 5.74) is 0.971. The van der Waals surface area contributed by atoms with Gasteiger partial charge in [-0.3, -0.25) is 4.79 Å². The molecule has 23 heavy (non-hydrogen) atoms. The van der Waals surface area contributed by atoms with Gasteiger partial charge in [0.25, 0.3) is 0 Å². The Morgan fingerprint density at radius 2 is 2.13 bits per heavy atom. The summed E-state index contributed by atoms with van der Waals surface area (Å²) in [7, 11) is 0.555. The van der Waals surface area contributed by atoms with Crippen molar-refractivity contribution >= 4 is 21.5 Å². The summed E-state index contributed by atoms with van der Waals surface area (Å²) in [4.78, 5) is 13.8. The van der Waals surface area contributed by atoms with Crippen LogP contribution in [0.2, 0.25) is 0 Å². The third-order valence-corrected chi connectivity index (χ3v) is 5.85. The molecule has 1 aliphatic heterocycles. The van der Waals surface area contributed by atoms with E-state index in [-0.39, 0.29) is 23.8 Å².